The third-order valence-electron chi connectivity index (χ3n) is 3.96. The van der Waals surface area contributed by atoms with Crippen LogP contribution in [0.2, 0.25) is 0 Å². The van der Waals surface area contributed by atoms with Gasteiger partial charge in [0.05, 0.1) is 0 Å². The molecule has 0 heteroatoms. The van der Waals surface area contributed by atoms with E-state index < -0.39 is 0 Å². The predicted octanol–water partition coefficient (Wildman–Crippen LogP) is 3.47. The second-order valence-electron chi connectivity index (χ2n) is 4.04. The highest BCUT2D eigenvalue weighted by atomic mass is 14.5. The molecule has 0 spiro atoms. The third-order valence-corrected chi connectivity index (χ3v) is 3.96. The van der Waals surface area contributed by atoms with Crippen LogP contribution in [0, 0.1) is 17.3 Å². The Morgan fingerprint density at radius 3 is 1.80 bits per heavy atom. The molecule has 0 saturated heterocycles. The topological polar surface area (TPSA) is 0 Å². The number of hydrogen-bond acceptors (Lipinski definition) is 0. The van der Waals surface area contributed by atoms with Crippen molar-refractivity contribution in [2.24, 2.45) is 17.3 Å². The van der Waals surface area contributed by atoms with Gasteiger partial charge in [0.15, 0.2) is 0 Å². The molecule has 1 aliphatic rings. The lowest BCUT2D eigenvalue weighted by Crippen LogP contribution is -2.44. The van der Waals surface area contributed by atoms with Gasteiger partial charge in [0, 0.05) is 0 Å². The lowest BCUT2D eigenvalue weighted by atomic mass is 9.53. The molecular weight excluding hydrogens is 120 g/mol. The molecule has 2 atom stereocenters. The Bertz CT molecular complexity index is 111. The van der Waals surface area contributed by atoms with Gasteiger partial charge in [0.2, 0.25) is 0 Å². The Kier molecular flexibility index (Phi) is 2.07. The summed E-state index contributed by atoms with van der Waals surface area (Å²) in [6, 6.07) is 0. The van der Waals surface area contributed by atoms with E-state index in [2.05, 4.69) is 27.7 Å². The van der Waals surface area contributed by atoms with E-state index >= 15 is 0 Å². The summed E-state index contributed by atoms with van der Waals surface area (Å²) >= 11 is 0. The van der Waals surface area contributed by atoms with E-state index in [9.17, 15) is 0 Å². The molecule has 0 aromatic heterocycles. The van der Waals surface area contributed by atoms with Gasteiger partial charge in [-0.1, -0.05) is 40.5 Å². The minimum absolute atomic E-state index is 0.736. The van der Waals surface area contributed by atoms with Crippen LogP contribution in [-0.4, -0.2) is 0 Å². The summed E-state index contributed by atoms with van der Waals surface area (Å²) in [5.74, 6) is 1.96. The van der Waals surface area contributed by atoms with Gasteiger partial charge in [-0.3, -0.25) is 0 Å². The Hall–Kier alpha value is 0. The van der Waals surface area contributed by atoms with Gasteiger partial charge in [0.25, 0.3) is 0 Å². The van der Waals surface area contributed by atoms with Crippen LogP contribution in [-0.2, 0) is 0 Å². The maximum absolute atomic E-state index is 2.42. The minimum atomic E-state index is 0.736. The van der Waals surface area contributed by atoms with Crippen LogP contribution in [0.1, 0.15) is 47.0 Å². The smallest absolute Gasteiger partial charge is 0.0272 e. The van der Waals surface area contributed by atoms with Crippen molar-refractivity contribution in [2.45, 2.75) is 47.0 Å². The molecule has 1 fully saturated rings. The summed E-state index contributed by atoms with van der Waals surface area (Å²) in [4.78, 5) is 0. The molecule has 60 valence electrons. The maximum Gasteiger partial charge on any atom is -0.0272 e. The van der Waals surface area contributed by atoms with E-state index in [1.165, 1.54) is 19.3 Å². The van der Waals surface area contributed by atoms with E-state index in [0.717, 1.165) is 17.3 Å². The molecule has 2 unspecified atom stereocenters. The SMILES string of the molecule is CCC1(CC)CC(C)C1C. The first-order valence-electron chi connectivity index (χ1n) is 4.66. The monoisotopic (exact) mass is 140 g/mol. The highest BCUT2D eigenvalue weighted by Gasteiger charge is 2.45. The van der Waals surface area contributed by atoms with Crippen molar-refractivity contribution in [3.8, 4) is 0 Å². The first kappa shape index (κ1) is 8.10. The van der Waals surface area contributed by atoms with Crippen molar-refractivity contribution in [2.75, 3.05) is 0 Å². The average molecular weight is 140 g/mol. The Morgan fingerprint density at radius 2 is 1.70 bits per heavy atom. The first-order valence-corrected chi connectivity index (χ1v) is 4.66. The normalized spacial score (nSPS) is 37.2. The largest absolute Gasteiger partial charge is 0.0648 e. The zero-order chi connectivity index (χ0) is 7.78. The van der Waals surface area contributed by atoms with Gasteiger partial charge in [0.1, 0.15) is 0 Å². The number of hydrogen-bond donors (Lipinski definition) is 0. The molecule has 0 aromatic rings. The van der Waals surface area contributed by atoms with Gasteiger partial charge in [-0.15, -0.1) is 0 Å². The summed E-state index contributed by atoms with van der Waals surface area (Å²) in [6.07, 6.45) is 4.24. The molecule has 0 aliphatic heterocycles. The van der Waals surface area contributed by atoms with Gasteiger partial charge in [-0.25, -0.2) is 0 Å². The first-order chi connectivity index (χ1) is 4.66. The molecule has 0 aromatic carbocycles. The third kappa shape index (κ3) is 0.889. The minimum Gasteiger partial charge on any atom is -0.0648 e. The van der Waals surface area contributed by atoms with Crippen molar-refractivity contribution in [3.63, 3.8) is 0 Å². The van der Waals surface area contributed by atoms with E-state index in [0.29, 0.717) is 0 Å². The van der Waals surface area contributed by atoms with Crippen molar-refractivity contribution >= 4 is 0 Å². The summed E-state index contributed by atoms with van der Waals surface area (Å²) < 4.78 is 0. The molecule has 0 bridgehead atoms. The van der Waals surface area contributed by atoms with Gasteiger partial charge in [-0.05, 0) is 23.7 Å². The molecule has 0 radical (unpaired) electrons. The molecule has 1 saturated carbocycles. The van der Waals surface area contributed by atoms with E-state index in [1.54, 1.807) is 0 Å². The summed E-state index contributed by atoms with van der Waals surface area (Å²) in [6.45, 7) is 9.48. The van der Waals surface area contributed by atoms with Gasteiger partial charge < -0.3 is 0 Å². The lowest BCUT2D eigenvalue weighted by Gasteiger charge is -2.52. The van der Waals surface area contributed by atoms with Crippen molar-refractivity contribution in [3.05, 3.63) is 0 Å². The molecule has 0 nitrogen and oxygen atoms in total. The van der Waals surface area contributed by atoms with Crippen LogP contribution < -0.4 is 0 Å². The zero-order valence-corrected chi connectivity index (χ0v) is 7.78. The molecule has 10 heavy (non-hydrogen) atoms. The molecule has 1 aliphatic carbocycles. The molecule has 0 heterocycles. The van der Waals surface area contributed by atoms with Crippen molar-refractivity contribution in [1.29, 1.82) is 0 Å². The van der Waals surface area contributed by atoms with Gasteiger partial charge in [-0.2, -0.15) is 0 Å². The average Bonchev–Trinajstić information content (AvgIpc) is 1.99. The zero-order valence-electron chi connectivity index (χ0n) is 7.78. The standard InChI is InChI=1S/C10H20/c1-5-10(6-2)7-8(3)9(10)4/h8-9H,5-7H2,1-4H3. The quantitative estimate of drug-likeness (QED) is 0.551. The summed E-state index contributed by atoms with van der Waals surface area (Å²) in [5.41, 5.74) is 0.736. The molecular formula is C10H20. The van der Waals surface area contributed by atoms with Crippen LogP contribution in [0.3, 0.4) is 0 Å². The Balaban J connectivity index is 2.54. The Morgan fingerprint density at radius 1 is 1.20 bits per heavy atom. The summed E-state index contributed by atoms with van der Waals surface area (Å²) in [5, 5.41) is 0. The van der Waals surface area contributed by atoms with Crippen LogP contribution in [0.4, 0.5) is 0 Å². The van der Waals surface area contributed by atoms with Crippen molar-refractivity contribution in [1.82, 2.24) is 0 Å². The van der Waals surface area contributed by atoms with E-state index in [-0.39, 0.29) is 0 Å². The molecule has 0 N–H and O–H groups in total. The number of rotatable bonds is 2. The predicted molar refractivity (Wildman–Crippen MR) is 46.0 cm³/mol. The van der Waals surface area contributed by atoms with Crippen LogP contribution in [0.25, 0.3) is 0 Å². The second kappa shape index (κ2) is 2.56. The summed E-state index contributed by atoms with van der Waals surface area (Å²) in [7, 11) is 0. The van der Waals surface area contributed by atoms with E-state index in [1.807, 2.05) is 0 Å². The molecule has 0 amide bonds. The van der Waals surface area contributed by atoms with E-state index in [4.69, 9.17) is 0 Å². The second-order valence-corrected chi connectivity index (χ2v) is 4.04. The van der Waals surface area contributed by atoms with Crippen LogP contribution in [0.15, 0.2) is 0 Å². The maximum atomic E-state index is 2.42. The Labute approximate surface area is 65.0 Å². The fourth-order valence-corrected chi connectivity index (χ4v) is 2.63. The fourth-order valence-electron chi connectivity index (χ4n) is 2.63. The van der Waals surface area contributed by atoms with Crippen LogP contribution in [0.5, 0.6) is 0 Å². The fraction of sp³-hybridized carbons (Fsp3) is 1.00. The van der Waals surface area contributed by atoms with Gasteiger partial charge >= 0.3 is 0 Å². The highest BCUT2D eigenvalue weighted by Crippen LogP contribution is 2.54. The highest BCUT2D eigenvalue weighted by molar-refractivity contribution is 4.95. The molecule has 1 rings (SSSR count). The van der Waals surface area contributed by atoms with Crippen molar-refractivity contribution < 1.29 is 0 Å². The lowest BCUT2D eigenvalue weighted by molar-refractivity contribution is -0.0282. The van der Waals surface area contributed by atoms with Crippen LogP contribution >= 0.6 is 0 Å².